The number of ether oxygens (including phenoxy) is 1. The van der Waals surface area contributed by atoms with Gasteiger partial charge in [-0.25, -0.2) is 4.79 Å². The fraction of sp³-hybridized carbons (Fsp3) is 0.462. The molecule has 3 nitrogen and oxygen atoms in total. The molecular formula is C13H17BrClNO2. The molecule has 1 atom stereocenters. The van der Waals surface area contributed by atoms with Crippen molar-refractivity contribution in [2.75, 3.05) is 13.7 Å². The van der Waals surface area contributed by atoms with E-state index in [1.54, 1.807) is 12.1 Å². The van der Waals surface area contributed by atoms with Gasteiger partial charge in [-0.05, 0) is 30.2 Å². The summed E-state index contributed by atoms with van der Waals surface area (Å²) in [4.78, 5) is 11.8. The molecular weight excluding hydrogens is 318 g/mol. The number of carbonyl (C=O) groups excluding carboxylic acids is 1. The standard InChI is InChI=1S/C13H17BrClNO2/c1-8(2)7-16-12(13(17)18-3)10-5-4-9(15)6-11(10)14/h4-6,8,12,16H,7H2,1-3H3. The van der Waals surface area contributed by atoms with E-state index >= 15 is 0 Å². The predicted octanol–water partition coefficient (Wildman–Crippen LogP) is 3.56. The number of nitrogens with one attached hydrogen (secondary N) is 1. The number of benzene rings is 1. The van der Waals surface area contributed by atoms with Gasteiger partial charge in [0, 0.05) is 9.50 Å². The van der Waals surface area contributed by atoms with Crippen LogP contribution in [0.1, 0.15) is 25.5 Å². The van der Waals surface area contributed by atoms with Crippen LogP contribution in [0.3, 0.4) is 0 Å². The van der Waals surface area contributed by atoms with E-state index in [9.17, 15) is 4.79 Å². The normalized spacial score (nSPS) is 12.6. The monoisotopic (exact) mass is 333 g/mol. The van der Waals surface area contributed by atoms with E-state index < -0.39 is 6.04 Å². The van der Waals surface area contributed by atoms with Gasteiger partial charge in [-0.15, -0.1) is 0 Å². The van der Waals surface area contributed by atoms with E-state index in [2.05, 4.69) is 35.1 Å². The molecule has 18 heavy (non-hydrogen) atoms. The molecule has 0 saturated heterocycles. The Balaban J connectivity index is 2.97. The highest BCUT2D eigenvalue weighted by atomic mass is 79.9. The van der Waals surface area contributed by atoms with E-state index in [0.29, 0.717) is 10.9 Å². The lowest BCUT2D eigenvalue weighted by molar-refractivity contribution is -0.143. The Morgan fingerprint density at radius 3 is 2.67 bits per heavy atom. The van der Waals surface area contributed by atoms with E-state index in [1.165, 1.54) is 7.11 Å². The lowest BCUT2D eigenvalue weighted by Gasteiger charge is -2.19. The Morgan fingerprint density at radius 2 is 2.17 bits per heavy atom. The summed E-state index contributed by atoms with van der Waals surface area (Å²) in [5.41, 5.74) is 0.826. The van der Waals surface area contributed by atoms with Crippen LogP contribution in [0, 0.1) is 5.92 Å². The van der Waals surface area contributed by atoms with Gasteiger partial charge >= 0.3 is 5.97 Å². The van der Waals surface area contributed by atoms with Crippen LogP contribution >= 0.6 is 27.5 Å². The highest BCUT2D eigenvalue weighted by molar-refractivity contribution is 9.10. The fourth-order valence-corrected chi connectivity index (χ4v) is 2.44. The Morgan fingerprint density at radius 1 is 1.50 bits per heavy atom. The second kappa shape index (κ2) is 7.12. The fourth-order valence-electron chi connectivity index (χ4n) is 1.53. The molecule has 0 bridgehead atoms. The van der Waals surface area contributed by atoms with E-state index in [-0.39, 0.29) is 5.97 Å². The molecule has 100 valence electrons. The Bertz CT molecular complexity index is 423. The summed E-state index contributed by atoms with van der Waals surface area (Å²) in [6.45, 7) is 4.89. The highest BCUT2D eigenvalue weighted by Crippen LogP contribution is 2.27. The van der Waals surface area contributed by atoms with Crippen molar-refractivity contribution >= 4 is 33.5 Å². The van der Waals surface area contributed by atoms with Crippen molar-refractivity contribution in [1.82, 2.24) is 5.32 Å². The summed E-state index contributed by atoms with van der Waals surface area (Å²) >= 11 is 9.32. The first-order valence-corrected chi connectivity index (χ1v) is 6.89. The Kier molecular flexibility index (Phi) is 6.12. The number of rotatable bonds is 5. The highest BCUT2D eigenvalue weighted by Gasteiger charge is 2.23. The molecule has 1 aromatic rings. The average Bonchev–Trinajstić information content (AvgIpc) is 2.30. The van der Waals surface area contributed by atoms with Gasteiger partial charge in [0.15, 0.2) is 0 Å². The maximum atomic E-state index is 11.8. The number of carbonyl (C=O) groups is 1. The lowest BCUT2D eigenvalue weighted by Crippen LogP contribution is -2.32. The van der Waals surface area contributed by atoms with Crippen molar-refractivity contribution < 1.29 is 9.53 Å². The number of esters is 1. The third kappa shape index (κ3) is 4.26. The van der Waals surface area contributed by atoms with Gasteiger partial charge in [0.25, 0.3) is 0 Å². The maximum absolute atomic E-state index is 11.8. The SMILES string of the molecule is COC(=O)C(NCC(C)C)c1ccc(Cl)cc1Br. The summed E-state index contributed by atoms with van der Waals surface area (Å²) in [6.07, 6.45) is 0. The van der Waals surface area contributed by atoms with Gasteiger partial charge in [-0.3, -0.25) is 0 Å². The molecule has 0 amide bonds. The van der Waals surface area contributed by atoms with E-state index in [4.69, 9.17) is 16.3 Å². The van der Waals surface area contributed by atoms with Crippen molar-refractivity contribution in [3.05, 3.63) is 33.3 Å². The van der Waals surface area contributed by atoms with E-state index in [1.807, 2.05) is 6.07 Å². The molecule has 0 saturated carbocycles. The first-order valence-electron chi connectivity index (χ1n) is 5.72. The van der Waals surface area contributed by atoms with Crippen LogP contribution in [-0.4, -0.2) is 19.6 Å². The molecule has 0 spiro atoms. The van der Waals surface area contributed by atoms with Crippen molar-refractivity contribution in [2.45, 2.75) is 19.9 Å². The second-order valence-corrected chi connectivity index (χ2v) is 5.71. The van der Waals surface area contributed by atoms with Gasteiger partial charge < -0.3 is 10.1 Å². The van der Waals surface area contributed by atoms with Crippen LogP contribution in [0.4, 0.5) is 0 Å². The number of hydrogen-bond donors (Lipinski definition) is 1. The van der Waals surface area contributed by atoms with Gasteiger partial charge in [0.1, 0.15) is 6.04 Å². The maximum Gasteiger partial charge on any atom is 0.327 e. The minimum atomic E-state index is -0.482. The molecule has 1 unspecified atom stereocenters. The van der Waals surface area contributed by atoms with Crippen LogP contribution in [0.25, 0.3) is 0 Å². The largest absolute Gasteiger partial charge is 0.468 e. The first-order chi connectivity index (χ1) is 8.45. The molecule has 1 aromatic carbocycles. The third-order valence-electron chi connectivity index (χ3n) is 2.44. The molecule has 0 aliphatic rings. The molecule has 0 aromatic heterocycles. The summed E-state index contributed by atoms with van der Waals surface area (Å²) in [6, 6.07) is 4.86. The Labute approximate surface area is 121 Å². The van der Waals surface area contributed by atoms with Gasteiger partial charge in [-0.1, -0.05) is 47.4 Å². The van der Waals surface area contributed by atoms with Crippen molar-refractivity contribution in [1.29, 1.82) is 0 Å². The van der Waals surface area contributed by atoms with Crippen LogP contribution < -0.4 is 5.32 Å². The molecule has 0 radical (unpaired) electrons. The lowest BCUT2D eigenvalue weighted by atomic mass is 10.1. The molecule has 5 heteroatoms. The topological polar surface area (TPSA) is 38.3 Å². The van der Waals surface area contributed by atoms with Gasteiger partial charge in [0.05, 0.1) is 7.11 Å². The molecule has 1 N–H and O–H groups in total. The Hall–Kier alpha value is -0.580. The summed E-state index contributed by atoms with van der Waals surface area (Å²) < 4.78 is 5.62. The van der Waals surface area contributed by atoms with Gasteiger partial charge in [-0.2, -0.15) is 0 Å². The minimum absolute atomic E-state index is 0.307. The zero-order chi connectivity index (χ0) is 13.7. The second-order valence-electron chi connectivity index (χ2n) is 4.42. The quantitative estimate of drug-likeness (QED) is 0.837. The molecule has 0 aliphatic heterocycles. The summed E-state index contributed by atoms with van der Waals surface area (Å²) in [5.74, 6) is 0.141. The van der Waals surface area contributed by atoms with Crippen LogP contribution in [0.2, 0.25) is 5.02 Å². The average molecular weight is 335 g/mol. The molecule has 1 rings (SSSR count). The minimum Gasteiger partial charge on any atom is -0.468 e. The number of methoxy groups -OCH3 is 1. The zero-order valence-electron chi connectivity index (χ0n) is 10.7. The van der Waals surface area contributed by atoms with Crippen molar-refractivity contribution in [2.24, 2.45) is 5.92 Å². The zero-order valence-corrected chi connectivity index (χ0v) is 13.0. The van der Waals surface area contributed by atoms with Gasteiger partial charge in [0.2, 0.25) is 0 Å². The summed E-state index contributed by atoms with van der Waals surface area (Å²) in [7, 11) is 1.39. The van der Waals surface area contributed by atoms with Crippen molar-refractivity contribution in [3.63, 3.8) is 0 Å². The first kappa shape index (κ1) is 15.5. The third-order valence-corrected chi connectivity index (χ3v) is 3.36. The van der Waals surface area contributed by atoms with Crippen LogP contribution in [0.5, 0.6) is 0 Å². The van der Waals surface area contributed by atoms with Crippen LogP contribution in [0.15, 0.2) is 22.7 Å². The predicted molar refractivity (Wildman–Crippen MR) is 76.7 cm³/mol. The number of hydrogen-bond acceptors (Lipinski definition) is 3. The van der Waals surface area contributed by atoms with Crippen molar-refractivity contribution in [3.8, 4) is 0 Å². The summed E-state index contributed by atoms with van der Waals surface area (Å²) in [5, 5.41) is 3.82. The molecule has 0 fully saturated rings. The smallest absolute Gasteiger partial charge is 0.327 e. The van der Waals surface area contributed by atoms with E-state index in [0.717, 1.165) is 16.6 Å². The molecule has 0 aliphatic carbocycles. The molecule has 0 heterocycles. The number of halogens is 2. The van der Waals surface area contributed by atoms with Crippen LogP contribution in [-0.2, 0) is 9.53 Å².